The largest absolute Gasteiger partial charge is 0.495 e. The van der Waals surface area contributed by atoms with Gasteiger partial charge in [-0.1, -0.05) is 54.6 Å². The Balaban J connectivity index is 1.21. The van der Waals surface area contributed by atoms with Crippen LogP contribution in [-0.4, -0.2) is 63.1 Å². The number of rotatable bonds is 7. The van der Waals surface area contributed by atoms with Crippen molar-refractivity contribution in [1.82, 2.24) is 4.90 Å². The van der Waals surface area contributed by atoms with Crippen molar-refractivity contribution in [3.63, 3.8) is 0 Å². The van der Waals surface area contributed by atoms with Crippen molar-refractivity contribution in [2.45, 2.75) is 19.3 Å². The molecule has 0 aliphatic carbocycles. The summed E-state index contributed by atoms with van der Waals surface area (Å²) in [5, 5.41) is 3.04. The minimum absolute atomic E-state index is 0.0326. The molecule has 0 bridgehead atoms. The summed E-state index contributed by atoms with van der Waals surface area (Å²) >= 11 is 0. The standard InChI is InChI=1S/C36H38N4O3/c1-43-34-13-7-6-12-33(34)39-24-22-38(23-25-39)32-19-18-30(26-31(32)36(42)40-20-8-3-9-21-40)37-35(41)29-16-14-28(15-17-29)27-10-4-2-5-11-27/h2,4-7,10-19,26H,3,8-9,20-25H2,1H3,(H,37,41). The molecule has 2 amide bonds. The average Bonchev–Trinajstić information content (AvgIpc) is 3.09. The second-order valence-corrected chi connectivity index (χ2v) is 11.1. The molecule has 0 unspecified atom stereocenters. The summed E-state index contributed by atoms with van der Waals surface area (Å²) in [7, 11) is 1.70. The Morgan fingerprint density at radius 1 is 0.651 bits per heavy atom. The number of nitrogens with zero attached hydrogens (tertiary/aromatic N) is 3. The number of carbonyl (C=O) groups is 2. The van der Waals surface area contributed by atoms with Crippen LogP contribution < -0.4 is 19.9 Å². The number of benzene rings is 4. The Morgan fingerprint density at radius 3 is 1.98 bits per heavy atom. The van der Waals surface area contributed by atoms with Crippen LogP contribution in [0.4, 0.5) is 17.1 Å². The van der Waals surface area contributed by atoms with Gasteiger partial charge in [0.05, 0.1) is 18.4 Å². The molecule has 7 heteroatoms. The van der Waals surface area contributed by atoms with Crippen LogP contribution in [0.3, 0.4) is 0 Å². The van der Waals surface area contributed by atoms with Crippen LogP contribution in [-0.2, 0) is 0 Å². The highest BCUT2D eigenvalue weighted by molar-refractivity contribution is 6.06. The molecular weight excluding hydrogens is 536 g/mol. The monoisotopic (exact) mass is 574 g/mol. The van der Waals surface area contributed by atoms with Crippen molar-refractivity contribution in [2.75, 3.05) is 61.5 Å². The third-order valence-electron chi connectivity index (χ3n) is 8.43. The van der Waals surface area contributed by atoms with Gasteiger partial charge in [0.25, 0.3) is 11.8 Å². The Morgan fingerprint density at radius 2 is 1.28 bits per heavy atom. The number of methoxy groups -OCH3 is 1. The molecule has 4 aromatic carbocycles. The molecule has 0 atom stereocenters. The van der Waals surface area contributed by atoms with Crippen LogP contribution in [0, 0.1) is 0 Å². The van der Waals surface area contributed by atoms with Gasteiger partial charge in [0.2, 0.25) is 0 Å². The van der Waals surface area contributed by atoms with Crippen LogP contribution in [0.1, 0.15) is 40.0 Å². The average molecular weight is 575 g/mol. The quantitative estimate of drug-likeness (QED) is 0.271. The van der Waals surface area contributed by atoms with Crippen molar-refractivity contribution in [2.24, 2.45) is 0 Å². The van der Waals surface area contributed by atoms with Crippen molar-refractivity contribution in [3.05, 3.63) is 108 Å². The van der Waals surface area contributed by atoms with E-state index in [-0.39, 0.29) is 11.8 Å². The van der Waals surface area contributed by atoms with Crippen molar-refractivity contribution < 1.29 is 14.3 Å². The fourth-order valence-corrected chi connectivity index (χ4v) is 6.06. The molecule has 4 aromatic rings. The Labute approximate surface area is 253 Å². The van der Waals surface area contributed by atoms with Gasteiger partial charge in [-0.25, -0.2) is 0 Å². The summed E-state index contributed by atoms with van der Waals surface area (Å²) in [5.74, 6) is 0.700. The Kier molecular flexibility index (Phi) is 8.59. The first-order valence-electron chi connectivity index (χ1n) is 15.1. The number of hydrogen-bond acceptors (Lipinski definition) is 5. The fourth-order valence-electron chi connectivity index (χ4n) is 6.06. The number of likely N-dealkylation sites (tertiary alicyclic amines) is 1. The van der Waals surface area contributed by atoms with Crippen LogP contribution >= 0.6 is 0 Å². The Bertz CT molecular complexity index is 1560. The highest BCUT2D eigenvalue weighted by Crippen LogP contribution is 2.32. The highest BCUT2D eigenvalue weighted by atomic mass is 16.5. The van der Waals surface area contributed by atoms with Gasteiger partial charge >= 0.3 is 0 Å². The molecule has 0 aromatic heterocycles. The molecule has 220 valence electrons. The van der Waals surface area contributed by atoms with E-state index in [0.29, 0.717) is 16.8 Å². The third-order valence-corrected chi connectivity index (χ3v) is 8.43. The van der Waals surface area contributed by atoms with E-state index in [4.69, 9.17) is 4.74 Å². The maximum atomic E-state index is 13.9. The zero-order valence-electron chi connectivity index (χ0n) is 24.7. The number of piperazine rings is 1. The minimum Gasteiger partial charge on any atom is -0.495 e. The molecule has 6 rings (SSSR count). The molecule has 0 saturated carbocycles. The van der Waals surface area contributed by atoms with Crippen LogP contribution in [0.2, 0.25) is 0 Å². The topological polar surface area (TPSA) is 65.1 Å². The highest BCUT2D eigenvalue weighted by Gasteiger charge is 2.27. The molecule has 2 heterocycles. The summed E-state index contributed by atoms with van der Waals surface area (Å²) < 4.78 is 5.59. The second kappa shape index (κ2) is 13.0. The van der Waals surface area contributed by atoms with Gasteiger partial charge in [-0.15, -0.1) is 0 Å². The maximum Gasteiger partial charge on any atom is 0.256 e. The number of ether oxygens (including phenoxy) is 1. The van der Waals surface area contributed by atoms with Crippen molar-refractivity contribution in [1.29, 1.82) is 0 Å². The smallest absolute Gasteiger partial charge is 0.256 e. The summed E-state index contributed by atoms with van der Waals surface area (Å²) in [6.07, 6.45) is 3.20. The first-order valence-corrected chi connectivity index (χ1v) is 15.1. The zero-order valence-corrected chi connectivity index (χ0v) is 24.7. The molecule has 43 heavy (non-hydrogen) atoms. The van der Waals surface area contributed by atoms with Gasteiger partial charge in [-0.2, -0.15) is 0 Å². The van der Waals surface area contributed by atoms with Crippen molar-refractivity contribution >= 4 is 28.9 Å². The van der Waals surface area contributed by atoms with E-state index in [0.717, 1.165) is 86.8 Å². The number of carbonyl (C=O) groups excluding carboxylic acids is 2. The molecule has 2 saturated heterocycles. The number of hydrogen-bond donors (Lipinski definition) is 1. The van der Waals surface area contributed by atoms with Gasteiger partial charge < -0.3 is 24.8 Å². The van der Waals surface area contributed by atoms with E-state index < -0.39 is 0 Å². The predicted octanol–water partition coefficient (Wildman–Crippen LogP) is 6.57. The van der Waals surface area contributed by atoms with E-state index in [1.54, 1.807) is 7.11 Å². The van der Waals surface area contributed by atoms with E-state index in [1.165, 1.54) is 0 Å². The normalized spacial score (nSPS) is 15.2. The fraction of sp³-hybridized carbons (Fsp3) is 0.278. The van der Waals surface area contributed by atoms with Crippen molar-refractivity contribution in [3.8, 4) is 16.9 Å². The molecular formula is C36H38N4O3. The third kappa shape index (κ3) is 6.36. The summed E-state index contributed by atoms with van der Waals surface area (Å²) in [4.78, 5) is 33.7. The number of nitrogens with one attached hydrogen (secondary N) is 1. The van der Waals surface area contributed by atoms with E-state index in [9.17, 15) is 9.59 Å². The maximum absolute atomic E-state index is 13.9. The van der Waals surface area contributed by atoms with Gasteiger partial charge in [0, 0.05) is 56.2 Å². The second-order valence-electron chi connectivity index (χ2n) is 11.1. The number of para-hydroxylation sites is 2. The molecule has 0 radical (unpaired) electrons. The SMILES string of the molecule is COc1ccccc1N1CCN(c2ccc(NC(=O)c3ccc(-c4ccccc4)cc3)cc2C(=O)N2CCCCC2)CC1. The molecule has 2 fully saturated rings. The van der Waals surface area contributed by atoms with Gasteiger partial charge in [-0.05, 0) is 72.9 Å². The number of piperidine rings is 1. The molecule has 1 N–H and O–H groups in total. The molecule has 0 spiro atoms. The van der Waals surface area contributed by atoms with E-state index in [2.05, 4.69) is 33.3 Å². The lowest BCUT2D eigenvalue weighted by atomic mass is 10.0. The summed E-state index contributed by atoms with van der Waals surface area (Å²) in [5.41, 5.74) is 6.00. The lowest BCUT2D eigenvalue weighted by molar-refractivity contribution is 0.0724. The van der Waals surface area contributed by atoms with Gasteiger partial charge in [0.1, 0.15) is 5.75 Å². The number of amides is 2. The minimum atomic E-state index is -0.200. The zero-order chi connectivity index (χ0) is 29.6. The first kappa shape index (κ1) is 28.3. The lowest BCUT2D eigenvalue weighted by Gasteiger charge is -2.39. The van der Waals surface area contributed by atoms with Crippen LogP contribution in [0.5, 0.6) is 5.75 Å². The van der Waals surface area contributed by atoms with Gasteiger partial charge in [0.15, 0.2) is 0 Å². The van der Waals surface area contributed by atoms with Gasteiger partial charge in [-0.3, -0.25) is 9.59 Å². The van der Waals surface area contributed by atoms with E-state index >= 15 is 0 Å². The number of anilines is 3. The summed E-state index contributed by atoms with van der Waals surface area (Å²) in [6.45, 7) is 4.72. The molecule has 2 aliphatic heterocycles. The van der Waals surface area contributed by atoms with E-state index in [1.807, 2.05) is 83.8 Å². The van der Waals surface area contributed by atoms with Crippen LogP contribution in [0.25, 0.3) is 11.1 Å². The lowest BCUT2D eigenvalue weighted by Crippen LogP contribution is -2.47. The molecule has 7 nitrogen and oxygen atoms in total. The Hall–Kier alpha value is -4.78. The first-order chi connectivity index (χ1) is 21.1. The van der Waals surface area contributed by atoms with Crippen LogP contribution in [0.15, 0.2) is 97.1 Å². The molecule has 2 aliphatic rings. The predicted molar refractivity (Wildman–Crippen MR) is 173 cm³/mol. The summed E-state index contributed by atoms with van der Waals surface area (Å²) in [6, 6.07) is 31.5.